The first kappa shape index (κ1) is 10.4. The number of nitrogens with zero attached hydrogens (tertiary/aromatic N) is 4. The minimum Gasteiger partial charge on any atom is -0.266 e. The average molecular weight is 332 g/mol. The van der Waals surface area contributed by atoms with Crippen LogP contribution in [-0.4, -0.2) is 19.7 Å². The maximum atomic E-state index is 11.7. The summed E-state index contributed by atoms with van der Waals surface area (Å²) in [6.07, 6.45) is 6.01. The number of hydrogen-bond donors (Lipinski definition) is 0. The molecule has 0 aliphatic heterocycles. The Labute approximate surface area is 101 Å². The summed E-state index contributed by atoms with van der Waals surface area (Å²) in [5.74, 6) is 0.385. The lowest BCUT2D eigenvalue weighted by Crippen LogP contribution is -2.22. The summed E-state index contributed by atoms with van der Waals surface area (Å²) >= 11 is 6.35. The third kappa shape index (κ3) is 1.98. The number of aromatic nitrogens is 4. The predicted octanol–water partition coefficient (Wildman–Crippen LogP) is 1.55. The van der Waals surface area contributed by atoms with Gasteiger partial charge in [-0.05, 0) is 31.9 Å². The van der Waals surface area contributed by atoms with Gasteiger partial charge in [-0.3, -0.25) is 9.78 Å². The molecule has 76 valence electrons. The monoisotopic (exact) mass is 330 g/mol. The Bertz CT molecular complexity index is 540. The van der Waals surface area contributed by atoms with E-state index in [0.29, 0.717) is 14.8 Å². The molecule has 2 heterocycles. The van der Waals surface area contributed by atoms with Crippen LogP contribution in [0.2, 0.25) is 0 Å². The van der Waals surface area contributed by atoms with Gasteiger partial charge >= 0.3 is 0 Å². The van der Waals surface area contributed by atoms with Gasteiger partial charge < -0.3 is 0 Å². The summed E-state index contributed by atoms with van der Waals surface area (Å²) in [5.41, 5.74) is -0.287. The Morgan fingerprint density at radius 1 is 1.20 bits per heavy atom. The normalized spacial score (nSPS) is 10.3. The first-order valence-electron chi connectivity index (χ1n) is 3.90. The minimum atomic E-state index is -0.287. The Hall–Kier alpha value is -1.08. The maximum Gasteiger partial charge on any atom is 0.288 e. The van der Waals surface area contributed by atoms with Crippen LogP contribution < -0.4 is 5.56 Å². The summed E-state index contributed by atoms with van der Waals surface area (Å²) in [6, 6.07) is 0. The van der Waals surface area contributed by atoms with Crippen LogP contribution in [0.25, 0.3) is 5.82 Å². The van der Waals surface area contributed by atoms with Crippen molar-refractivity contribution in [3.8, 4) is 5.82 Å². The lowest BCUT2D eigenvalue weighted by Gasteiger charge is -2.02. The molecule has 2 aromatic rings. The summed E-state index contributed by atoms with van der Waals surface area (Å²) in [4.78, 5) is 19.6. The van der Waals surface area contributed by atoms with Gasteiger partial charge in [0.1, 0.15) is 4.47 Å². The molecule has 2 aromatic heterocycles. The molecule has 0 saturated heterocycles. The van der Waals surface area contributed by atoms with Crippen LogP contribution in [0.15, 0.2) is 38.5 Å². The van der Waals surface area contributed by atoms with Crippen LogP contribution in [0, 0.1) is 0 Å². The highest BCUT2D eigenvalue weighted by Crippen LogP contribution is 2.16. The second-order valence-corrected chi connectivity index (χ2v) is 4.23. The standard InChI is InChI=1S/C8H4Br2N4O/c9-5-3-13-14(8(15)7(5)10)6-4-11-1-2-12-6/h1-4H. The number of rotatable bonds is 1. The highest BCUT2D eigenvalue weighted by molar-refractivity contribution is 9.13. The van der Waals surface area contributed by atoms with Crippen molar-refractivity contribution >= 4 is 31.9 Å². The molecule has 0 bridgehead atoms. The van der Waals surface area contributed by atoms with Crippen LogP contribution >= 0.6 is 31.9 Å². The molecule has 0 aliphatic carbocycles. The molecule has 0 atom stereocenters. The molecule has 0 spiro atoms. The lowest BCUT2D eigenvalue weighted by molar-refractivity contribution is 0.766. The van der Waals surface area contributed by atoms with Crippen LogP contribution in [0.5, 0.6) is 0 Å². The van der Waals surface area contributed by atoms with Gasteiger partial charge in [0.2, 0.25) is 0 Å². The van der Waals surface area contributed by atoms with E-state index in [9.17, 15) is 4.79 Å². The molecule has 0 saturated carbocycles. The van der Waals surface area contributed by atoms with E-state index in [0.717, 1.165) is 0 Å². The maximum absolute atomic E-state index is 11.7. The highest BCUT2D eigenvalue weighted by atomic mass is 79.9. The van der Waals surface area contributed by atoms with Gasteiger partial charge in [-0.2, -0.15) is 9.78 Å². The zero-order valence-electron chi connectivity index (χ0n) is 7.26. The fraction of sp³-hybridized carbons (Fsp3) is 0. The quantitative estimate of drug-likeness (QED) is 0.795. The van der Waals surface area contributed by atoms with Crippen LogP contribution in [0.3, 0.4) is 0 Å². The van der Waals surface area contributed by atoms with E-state index in [1.54, 1.807) is 0 Å². The number of hydrogen-bond acceptors (Lipinski definition) is 4. The largest absolute Gasteiger partial charge is 0.288 e. The van der Waals surface area contributed by atoms with E-state index in [1.807, 2.05) is 0 Å². The molecule has 0 radical (unpaired) electrons. The summed E-state index contributed by atoms with van der Waals surface area (Å²) < 4.78 is 2.18. The van der Waals surface area contributed by atoms with Crippen molar-refractivity contribution in [3.05, 3.63) is 44.1 Å². The summed E-state index contributed by atoms with van der Waals surface area (Å²) in [7, 11) is 0. The van der Waals surface area contributed by atoms with Crippen molar-refractivity contribution in [2.75, 3.05) is 0 Å². The third-order valence-corrected chi connectivity index (χ3v) is 3.54. The van der Waals surface area contributed by atoms with E-state index in [2.05, 4.69) is 46.9 Å². The van der Waals surface area contributed by atoms with Crippen molar-refractivity contribution in [1.82, 2.24) is 19.7 Å². The van der Waals surface area contributed by atoms with E-state index < -0.39 is 0 Å². The first-order valence-corrected chi connectivity index (χ1v) is 5.48. The van der Waals surface area contributed by atoms with Crippen molar-refractivity contribution in [1.29, 1.82) is 0 Å². The molecule has 7 heteroatoms. The molecule has 0 aromatic carbocycles. The van der Waals surface area contributed by atoms with Gasteiger partial charge in [0.15, 0.2) is 5.82 Å². The van der Waals surface area contributed by atoms with Crippen molar-refractivity contribution < 1.29 is 0 Å². The third-order valence-electron chi connectivity index (χ3n) is 1.64. The van der Waals surface area contributed by atoms with Crippen molar-refractivity contribution in [2.45, 2.75) is 0 Å². The van der Waals surface area contributed by atoms with Crippen molar-refractivity contribution in [3.63, 3.8) is 0 Å². The Kier molecular flexibility index (Phi) is 2.92. The molecular formula is C8H4Br2N4O. The second-order valence-electron chi connectivity index (χ2n) is 2.59. The molecule has 15 heavy (non-hydrogen) atoms. The van der Waals surface area contributed by atoms with Crippen LogP contribution in [0.1, 0.15) is 0 Å². The molecule has 2 rings (SSSR count). The molecule has 0 aliphatic rings. The molecule has 0 unspecified atom stereocenters. The van der Waals surface area contributed by atoms with E-state index in [4.69, 9.17) is 0 Å². The summed E-state index contributed by atoms with van der Waals surface area (Å²) in [6.45, 7) is 0. The molecule has 0 amide bonds. The Balaban J connectivity index is 2.66. The average Bonchev–Trinajstić information content (AvgIpc) is 2.27. The van der Waals surface area contributed by atoms with Gasteiger partial charge in [-0.15, -0.1) is 0 Å². The van der Waals surface area contributed by atoms with E-state index in [1.165, 1.54) is 29.5 Å². The van der Waals surface area contributed by atoms with E-state index in [-0.39, 0.29) is 5.56 Å². The second kappa shape index (κ2) is 4.19. The van der Waals surface area contributed by atoms with E-state index >= 15 is 0 Å². The van der Waals surface area contributed by atoms with Gasteiger partial charge in [0, 0.05) is 12.4 Å². The topological polar surface area (TPSA) is 60.7 Å². The van der Waals surface area contributed by atoms with Crippen LogP contribution in [0.4, 0.5) is 0 Å². The first-order chi connectivity index (χ1) is 7.20. The fourth-order valence-electron chi connectivity index (χ4n) is 0.976. The summed E-state index contributed by atoms with van der Waals surface area (Å²) in [5, 5.41) is 3.93. The molecule has 5 nitrogen and oxygen atoms in total. The zero-order chi connectivity index (χ0) is 10.8. The Morgan fingerprint density at radius 3 is 2.67 bits per heavy atom. The fourth-order valence-corrected chi connectivity index (χ4v) is 1.51. The van der Waals surface area contributed by atoms with Crippen LogP contribution in [-0.2, 0) is 0 Å². The zero-order valence-corrected chi connectivity index (χ0v) is 10.4. The minimum absolute atomic E-state index is 0.287. The highest BCUT2D eigenvalue weighted by Gasteiger charge is 2.08. The van der Waals surface area contributed by atoms with Gasteiger partial charge in [0.25, 0.3) is 5.56 Å². The lowest BCUT2D eigenvalue weighted by atomic mass is 10.5. The molecule has 0 N–H and O–H groups in total. The SMILES string of the molecule is O=c1c(Br)c(Br)cnn1-c1cnccn1. The van der Waals surface area contributed by atoms with Gasteiger partial charge in [-0.1, -0.05) is 0 Å². The van der Waals surface area contributed by atoms with Gasteiger partial charge in [0.05, 0.1) is 16.9 Å². The van der Waals surface area contributed by atoms with Gasteiger partial charge in [-0.25, -0.2) is 4.98 Å². The predicted molar refractivity (Wildman–Crippen MR) is 60.8 cm³/mol. The number of halogens is 2. The Morgan fingerprint density at radius 2 is 2.00 bits per heavy atom. The smallest absolute Gasteiger partial charge is 0.266 e. The molecular weight excluding hydrogens is 328 g/mol. The molecule has 0 fully saturated rings. The van der Waals surface area contributed by atoms with Crippen molar-refractivity contribution in [2.24, 2.45) is 0 Å².